The summed E-state index contributed by atoms with van der Waals surface area (Å²) in [6.45, 7) is 0. The highest BCUT2D eigenvalue weighted by Crippen LogP contribution is 2.19. The van der Waals surface area contributed by atoms with Gasteiger partial charge in [-0.05, 0) is 18.2 Å². The predicted molar refractivity (Wildman–Crippen MR) is 52.8 cm³/mol. The molecule has 0 saturated heterocycles. The summed E-state index contributed by atoms with van der Waals surface area (Å²) < 4.78 is 4.57. The number of anilines is 1. The third-order valence-corrected chi connectivity index (χ3v) is 1.84. The first-order valence-corrected chi connectivity index (χ1v) is 4.01. The van der Waals surface area contributed by atoms with Crippen LogP contribution in [0.5, 0.6) is 0 Å². The molecule has 1 rings (SSSR count). The minimum Gasteiger partial charge on any atom is -0.465 e. The molecule has 0 radical (unpaired) electrons. The number of ether oxygens (including phenoxy) is 1. The second-order valence-electron chi connectivity index (χ2n) is 2.37. The van der Waals surface area contributed by atoms with Crippen LogP contribution in [0.2, 0.25) is 0 Å². The second-order valence-corrected chi connectivity index (χ2v) is 2.88. The first-order valence-electron chi connectivity index (χ1n) is 3.57. The minimum atomic E-state index is -0.441. The van der Waals surface area contributed by atoms with Gasteiger partial charge in [0.2, 0.25) is 0 Å². The lowest BCUT2D eigenvalue weighted by atomic mass is 10.2. The molecule has 0 fully saturated rings. The van der Waals surface area contributed by atoms with E-state index in [9.17, 15) is 4.79 Å². The molecular formula is C8H10N2O2S. The zero-order chi connectivity index (χ0) is 9.84. The van der Waals surface area contributed by atoms with E-state index in [1.54, 1.807) is 18.2 Å². The number of esters is 1. The fraction of sp³-hybridized carbons (Fsp3) is 0.125. The highest BCUT2D eigenvalue weighted by Gasteiger charge is 2.10. The zero-order valence-corrected chi connectivity index (χ0v) is 7.97. The van der Waals surface area contributed by atoms with Crippen molar-refractivity contribution < 1.29 is 9.53 Å². The molecule has 0 aliphatic heterocycles. The summed E-state index contributed by atoms with van der Waals surface area (Å²) in [6.07, 6.45) is 0. The largest absolute Gasteiger partial charge is 0.465 e. The lowest BCUT2D eigenvalue weighted by Crippen LogP contribution is -2.12. The van der Waals surface area contributed by atoms with Crippen LogP contribution in [0, 0.1) is 0 Å². The second kappa shape index (κ2) is 4.15. The van der Waals surface area contributed by atoms with Crippen molar-refractivity contribution in [1.29, 1.82) is 0 Å². The van der Waals surface area contributed by atoms with Crippen molar-refractivity contribution in [3.8, 4) is 0 Å². The fourth-order valence-corrected chi connectivity index (χ4v) is 1.14. The number of nitrogens with one attached hydrogen (secondary N) is 1. The number of methoxy groups -OCH3 is 1. The maximum Gasteiger partial charge on any atom is 0.340 e. The Balaban J connectivity index is 3.15. The van der Waals surface area contributed by atoms with E-state index in [1.807, 2.05) is 0 Å². The van der Waals surface area contributed by atoms with Crippen molar-refractivity contribution in [1.82, 2.24) is 0 Å². The number of nitrogens with two attached hydrogens (primary N) is 1. The highest BCUT2D eigenvalue weighted by atomic mass is 32.1. The SMILES string of the molecule is COC(=O)c1cc(S)ccc1NN. The third kappa shape index (κ3) is 2.13. The molecule has 0 aliphatic rings. The Morgan fingerprint density at radius 1 is 1.62 bits per heavy atom. The Morgan fingerprint density at radius 3 is 2.85 bits per heavy atom. The van der Waals surface area contributed by atoms with Crippen molar-refractivity contribution in [2.45, 2.75) is 4.90 Å². The van der Waals surface area contributed by atoms with Crippen LogP contribution in [0.3, 0.4) is 0 Å². The summed E-state index contributed by atoms with van der Waals surface area (Å²) in [5.41, 5.74) is 3.29. The molecule has 70 valence electrons. The monoisotopic (exact) mass is 198 g/mol. The van der Waals surface area contributed by atoms with E-state index in [0.29, 0.717) is 16.1 Å². The van der Waals surface area contributed by atoms with Crippen LogP contribution in [0.15, 0.2) is 23.1 Å². The van der Waals surface area contributed by atoms with E-state index in [0.717, 1.165) is 0 Å². The topological polar surface area (TPSA) is 64.3 Å². The Bertz CT molecular complexity index is 328. The Labute approximate surface area is 81.5 Å². The molecular weight excluding hydrogens is 188 g/mol. The minimum absolute atomic E-state index is 0.373. The highest BCUT2D eigenvalue weighted by molar-refractivity contribution is 7.80. The fourth-order valence-electron chi connectivity index (χ4n) is 0.937. The molecule has 1 aromatic carbocycles. The first kappa shape index (κ1) is 9.88. The molecule has 0 heterocycles. The number of hydrazine groups is 1. The molecule has 0 atom stereocenters. The summed E-state index contributed by atoms with van der Waals surface area (Å²) in [5.74, 6) is 4.77. The van der Waals surface area contributed by atoms with Gasteiger partial charge in [0.05, 0.1) is 18.4 Å². The van der Waals surface area contributed by atoms with E-state index in [2.05, 4.69) is 22.8 Å². The number of benzene rings is 1. The summed E-state index contributed by atoms with van der Waals surface area (Å²) in [7, 11) is 1.31. The molecule has 4 nitrogen and oxygen atoms in total. The summed E-state index contributed by atoms with van der Waals surface area (Å²) in [6, 6.07) is 4.98. The molecule has 0 spiro atoms. The van der Waals surface area contributed by atoms with Gasteiger partial charge < -0.3 is 10.2 Å². The van der Waals surface area contributed by atoms with Gasteiger partial charge in [-0.1, -0.05) is 0 Å². The molecule has 0 unspecified atom stereocenters. The van der Waals surface area contributed by atoms with Crippen molar-refractivity contribution in [3.63, 3.8) is 0 Å². The smallest absolute Gasteiger partial charge is 0.340 e. The lowest BCUT2D eigenvalue weighted by Gasteiger charge is -2.06. The molecule has 3 N–H and O–H groups in total. The number of thiol groups is 1. The summed E-state index contributed by atoms with van der Waals surface area (Å²) in [4.78, 5) is 11.9. The molecule has 1 aromatic rings. The van der Waals surface area contributed by atoms with Gasteiger partial charge in [-0.3, -0.25) is 5.84 Å². The van der Waals surface area contributed by atoms with Crippen LogP contribution in [-0.2, 0) is 4.74 Å². The van der Waals surface area contributed by atoms with Gasteiger partial charge in [-0.2, -0.15) is 0 Å². The first-order chi connectivity index (χ1) is 6.19. The van der Waals surface area contributed by atoms with Crippen LogP contribution in [-0.4, -0.2) is 13.1 Å². The number of carbonyl (C=O) groups is 1. The van der Waals surface area contributed by atoms with E-state index in [1.165, 1.54) is 7.11 Å². The van der Waals surface area contributed by atoms with Gasteiger partial charge in [0.15, 0.2) is 0 Å². The van der Waals surface area contributed by atoms with E-state index >= 15 is 0 Å². The van der Waals surface area contributed by atoms with Gasteiger partial charge in [0.1, 0.15) is 0 Å². The summed E-state index contributed by atoms with van der Waals surface area (Å²) >= 11 is 4.10. The Morgan fingerprint density at radius 2 is 2.31 bits per heavy atom. The van der Waals surface area contributed by atoms with Crippen LogP contribution in [0.1, 0.15) is 10.4 Å². The maximum atomic E-state index is 11.2. The van der Waals surface area contributed by atoms with Crippen LogP contribution in [0.4, 0.5) is 5.69 Å². The Hall–Kier alpha value is -1.20. The average Bonchev–Trinajstić information content (AvgIpc) is 2.16. The molecule has 13 heavy (non-hydrogen) atoms. The van der Waals surface area contributed by atoms with Crippen molar-refractivity contribution in [2.24, 2.45) is 5.84 Å². The number of rotatable bonds is 2. The number of hydrogen-bond donors (Lipinski definition) is 3. The lowest BCUT2D eigenvalue weighted by molar-refractivity contribution is 0.0601. The van der Waals surface area contributed by atoms with E-state index < -0.39 is 5.97 Å². The van der Waals surface area contributed by atoms with Gasteiger partial charge >= 0.3 is 5.97 Å². The number of hydrogen-bond acceptors (Lipinski definition) is 5. The zero-order valence-electron chi connectivity index (χ0n) is 7.07. The van der Waals surface area contributed by atoms with E-state index in [4.69, 9.17) is 5.84 Å². The standard InChI is InChI=1S/C8H10N2O2S/c1-12-8(11)6-4-5(13)2-3-7(6)10-9/h2-4,10,13H,9H2,1H3. The molecule has 0 bridgehead atoms. The van der Waals surface area contributed by atoms with Crippen molar-refractivity contribution in [2.75, 3.05) is 12.5 Å². The van der Waals surface area contributed by atoms with Crippen molar-refractivity contribution in [3.05, 3.63) is 23.8 Å². The Kier molecular flexibility index (Phi) is 3.16. The molecule has 0 aromatic heterocycles. The van der Waals surface area contributed by atoms with Crippen LogP contribution >= 0.6 is 12.6 Å². The molecule has 0 aliphatic carbocycles. The number of nitrogen functional groups attached to an aromatic ring is 1. The van der Waals surface area contributed by atoms with Gasteiger partial charge in [0, 0.05) is 4.90 Å². The molecule has 0 saturated carbocycles. The predicted octanol–water partition coefficient (Wildman–Crippen LogP) is 1.05. The average molecular weight is 198 g/mol. The summed E-state index contributed by atoms with van der Waals surface area (Å²) in [5, 5.41) is 0. The molecule has 0 amide bonds. The van der Waals surface area contributed by atoms with Crippen LogP contribution in [0.25, 0.3) is 0 Å². The van der Waals surface area contributed by atoms with Gasteiger partial charge in [-0.25, -0.2) is 4.79 Å². The van der Waals surface area contributed by atoms with Gasteiger partial charge in [0.25, 0.3) is 0 Å². The quantitative estimate of drug-likeness (QED) is 0.287. The molecule has 5 heteroatoms. The van der Waals surface area contributed by atoms with Gasteiger partial charge in [-0.15, -0.1) is 12.6 Å². The third-order valence-electron chi connectivity index (χ3n) is 1.56. The van der Waals surface area contributed by atoms with Crippen molar-refractivity contribution >= 4 is 24.3 Å². The van der Waals surface area contributed by atoms with E-state index in [-0.39, 0.29) is 0 Å². The number of carbonyl (C=O) groups excluding carboxylic acids is 1. The maximum absolute atomic E-state index is 11.2. The normalized spacial score (nSPS) is 9.46. The van der Waals surface area contributed by atoms with Crippen LogP contribution < -0.4 is 11.3 Å².